The lowest BCUT2D eigenvalue weighted by Crippen LogP contribution is -2.37. The van der Waals surface area contributed by atoms with Gasteiger partial charge in [-0.1, -0.05) is 6.07 Å². The number of benzene rings is 1. The summed E-state index contributed by atoms with van der Waals surface area (Å²) in [5.41, 5.74) is 0.939. The number of carbonyl (C=O) groups excluding carboxylic acids is 1. The van der Waals surface area contributed by atoms with Crippen molar-refractivity contribution in [2.24, 2.45) is 0 Å². The van der Waals surface area contributed by atoms with Gasteiger partial charge in [-0.05, 0) is 45.6 Å². The van der Waals surface area contributed by atoms with Gasteiger partial charge in [0, 0.05) is 18.7 Å². The van der Waals surface area contributed by atoms with E-state index in [1.165, 1.54) is 17.0 Å². The van der Waals surface area contributed by atoms with Gasteiger partial charge in [-0.15, -0.1) is 0 Å². The fourth-order valence-corrected chi connectivity index (χ4v) is 2.34. The van der Waals surface area contributed by atoms with Gasteiger partial charge in [-0.3, -0.25) is 15.0 Å². The molecule has 1 aliphatic rings. The molecular weight excluding hydrogens is 272 g/mol. The van der Waals surface area contributed by atoms with Crippen LogP contribution in [0.4, 0.5) is 16.2 Å². The molecule has 1 heterocycles. The lowest BCUT2D eigenvalue weighted by molar-refractivity contribution is -0.384. The van der Waals surface area contributed by atoms with Crippen LogP contribution in [-0.2, 0) is 11.2 Å². The maximum atomic E-state index is 12.3. The number of ether oxygens (including phenoxy) is 1. The van der Waals surface area contributed by atoms with Crippen LogP contribution in [-0.4, -0.2) is 23.2 Å². The SMILES string of the molecule is CC(C)(C)OC(=O)N1CCCCc2ccc([N+](=O)[O-])cc21. The van der Waals surface area contributed by atoms with Crippen LogP contribution < -0.4 is 4.90 Å². The largest absolute Gasteiger partial charge is 0.443 e. The van der Waals surface area contributed by atoms with E-state index in [2.05, 4.69) is 0 Å². The first kappa shape index (κ1) is 15.3. The van der Waals surface area contributed by atoms with Crippen molar-refractivity contribution in [1.82, 2.24) is 0 Å². The van der Waals surface area contributed by atoms with E-state index < -0.39 is 16.6 Å². The van der Waals surface area contributed by atoms with Crippen molar-refractivity contribution < 1.29 is 14.5 Å². The highest BCUT2D eigenvalue weighted by molar-refractivity contribution is 5.89. The second kappa shape index (κ2) is 5.71. The molecule has 2 rings (SSSR count). The Morgan fingerprint density at radius 2 is 2.05 bits per heavy atom. The fraction of sp³-hybridized carbons (Fsp3) is 0.533. The number of nitrogens with zero attached hydrogens (tertiary/aromatic N) is 2. The number of nitro groups is 1. The molecule has 1 amide bonds. The summed E-state index contributed by atoms with van der Waals surface area (Å²) in [6, 6.07) is 4.68. The molecule has 1 aromatic rings. The number of hydrogen-bond acceptors (Lipinski definition) is 4. The Kier molecular flexibility index (Phi) is 4.16. The highest BCUT2D eigenvalue weighted by Crippen LogP contribution is 2.31. The second-order valence-electron chi connectivity index (χ2n) is 6.16. The topological polar surface area (TPSA) is 72.7 Å². The van der Waals surface area contributed by atoms with Crippen molar-refractivity contribution in [3.05, 3.63) is 33.9 Å². The fourth-order valence-electron chi connectivity index (χ4n) is 2.34. The van der Waals surface area contributed by atoms with Crippen LogP contribution in [0, 0.1) is 10.1 Å². The third-order valence-electron chi connectivity index (χ3n) is 3.26. The molecule has 0 unspecified atom stereocenters. The minimum atomic E-state index is -0.593. The summed E-state index contributed by atoms with van der Waals surface area (Å²) in [5.74, 6) is 0. The summed E-state index contributed by atoms with van der Waals surface area (Å²) in [5, 5.41) is 10.9. The quantitative estimate of drug-likeness (QED) is 0.584. The first-order chi connectivity index (χ1) is 9.78. The summed E-state index contributed by atoms with van der Waals surface area (Å²) in [7, 11) is 0. The summed E-state index contributed by atoms with van der Waals surface area (Å²) in [6.07, 6.45) is 2.16. The summed E-state index contributed by atoms with van der Waals surface area (Å²) >= 11 is 0. The molecule has 0 bridgehead atoms. The smallest absolute Gasteiger partial charge is 0.414 e. The van der Waals surface area contributed by atoms with Crippen molar-refractivity contribution in [3.63, 3.8) is 0 Å². The summed E-state index contributed by atoms with van der Waals surface area (Å²) in [4.78, 5) is 24.4. The van der Waals surface area contributed by atoms with Crippen molar-refractivity contribution in [2.45, 2.75) is 45.6 Å². The van der Waals surface area contributed by atoms with Crippen LogP contribution in [0.25, 0.3) is 0 Å². The van der Waals surface area contributed by atoms with Crippen LogP contribution >= 0.6 is 0 Å². The molecule has 0 radical (unpaired) electrons. The highest BCUT2D eigenvalue weighted by Gasteiger charge is 2.27. The van der Waals surface area contributed by atoms with Gasteiger partial charge < -0.3 is 4.74 Å². The van der Waals surface area contributed by atoms with Crippen LogP contribution in [0.3, 0.4) is 0 Å². The maximum absolute atomic E-state index is 12.3. The molecule has 0 fully saturated rings. The van der Waals surface area contributed by atoms with E-state index in [4.69, 9.17) is 4.74 Å². The number of aryl methyl sites for hydroxylation is 1. The monoisotopic (exact) mass is 292 g/mol. The number of anilines is 1. The predicted octanol–water partition coefficient (Wildman–Crippen LogP) is 3.67. The molecule has 21 heavy (non-hydrogen) atoms. The Morgan fingerprint density at radius 1 is 1.33 bits per heavy atom. The van der Waals surface area contributed by atoms with Crippen LogP contribution in [0.5, 0.6) is 0 Å². The lowest BCUT2D eigenvalue weighted by Gasteiger charge is -2.27. The third kappa shape index (κ3) is 3.71. The van der Waals surface area contributed by atoms with E-state index in [-0.39, 0.29) is 5.69 Å². The van der Waals surface area contributed by atoms with Gasteiger partial charge in [-0.2, -0.15) is 0 Å². The van der Waals surface area contributed by atoms with E-state index in [0.717, 1.165) is 24.8 Å². The average molecular weight is 292 g/mol. The molecule has 0 aliphatic carbocycles. The van der Waals surface area contributed by atoms with Gasteiger partial charge >= 0.3 is 6.09 Å². The zero-order valence-corrected chi connectivity index (χ0v) is 12.6. The zero-order chi connectivity index (χ0) is 15.6. The molecule has 0 saturated carbocycles. The molecule has 0 atom stereocenters. The van der Waals surface area contributed by atoms with Crippen LogP contribution in [0.15, 0.2) is 18.2 Å². The zero-order valence-electron chi connectivity index (χ0n) is 12.6. The first-order valence-electron chi connectivity index (χ1n) is 7.06. The Morgan fingerprint density at radius 3 is 2.67 bits per heavy atom. The van der Waals surface area contributed by atoms with Gasteiger partial charge in [0.05, 0.1) is 10.6 Å². The minimum absolute atomic E-state index is 0.00999. The average Bonchev–Trinajstić information content (AvgIpc) is 2.57. The number of amides is 1. The number of rotatable bonds is 1. The first-order valence-corrected chi connectivity index (χ1v) is 7.06. The van der Waals surface area contributed by atoms with Gasteiger partial charge in [0.25, 0.3) is 5.69 Å². The second-order valence-corrected chi connectivity index (χ2v) is 6.16. The standard InChI is InChI=1S/C15H20N2O4/c1-15(2,3)21-14(18)16-9-5-4-6-11-7-8-12(17(19)20)10-13(11)16/h7-8,10H,4-6,9H2,1-3H3. The van der Waals surface area contributed by atoms with E-state index in [9.17, 15) is 14.9 Å². The van der Waals surface area contributed by atoms with Gasteiger partial charge in [0.2, 0.25) is 0 Å². The van der Waals surface area contributed by atoms with Crippen molar-refractivity contribution >= 4 is 17.5 Å². The van der Waals surface area contributed by atoms with Crippen molar-refractivity contribution in [3.8, 4) is 0 Å². The number of nitro benzene ring substituents is 1. The summed E-state index contributed by atoms with van der Waals surface area (Å²) < 4.78 is 5.41. The van der Waals surface area contributed by atoms with E-state index in [1.807, 2.05) is 0 Å². The Hall–Kier alpha value is -2.11. The maximum Gasteiger partial charge on any atom is 0.414 e. The molecule has 0 aromatic heterocycles. The van der Waals surface area contributed by atoms with E-state index >= 15 is 0 Å². The Bertz CT molecular complexity index is 563. The molecule has 0 spiro atoms. The van der Waals surface area contributed by atoms with E-state index in [1.54, 1.807) is 26.8 Å². The number of carbonyl (C=O) groups is 1. The minimum Gasteiger partial charge on any atom is -0.443 e. The Labute approximate surface area is 123 Å². The van der Waals surface area contributed by atoms with Crippen LogP contribution in [0.2, 0.25) is 0 Å². The number of hydrogen-bond donors (Lipinski definition) is 0. The normalized spacial score (nSPS) is 15.1. The summed E-state index contributed by atoms with van der Waals surface area (Å²) in [6.45, 7) is 5.92. The van der Waals surface area contributed by atoms with Gasteiger partial charge in [-0.25, -0.2) is 4.79 Å². The number of non-ortho nitro benzene ring substituents is 1. The van der Waals surface area contributed by atoms with Crippen molar-refractivity contribution in [2.75, 3.05) is 11.4 Å². The van der Waals surface area contributed by atoms with Crippen LogP contribution in [0.1, 0.15) is 39.2 Å². The van der Waals surface area contributed by atoms with Gasteiger partial charge in [0.15, 0.2) is 0 Å². The molecule has 6 nitrogen and oxygen atoms in total. The Balaban J connectivity index is 2.38. The molecule has 1 aromatic carbocycles. The predicted molar refractivity (Wildman–Crippen MR) is 79.6 cm³/mol. The number of fused-ring (bicyclic) bond motifs is 1. The van der Waals surface area contributed by atoms with Gasteiger partial charge in [0.1, 0.15) is 5.60 Å². The molecule has 6 heteroatoms. The molecule has 0 saturated heterocycles. The molecular formula is C15H20N2O4. The highest BCUT2D eigenvalue weighted by atomic mass is 16.6. The lowest BCUT2D eigenvalue weighted by atomic mass is 10.1. The van der Waals surface area contributed by atoms with Crippen molar-refractivity contribution in [1.29, 1.82) is 0 Å². The third-order valence-corrected chi connectivity index (χ3v) is 3.26. The molecule has 1 aliphatic heterocycles. The molecule has 114 valence electrons. The molecule has 0 N–H and O–H groups in total. The van der Waals surface area contributed by atoms with E-state index in [0.29, 0.717) is 12.2 Å².